The second-order valence-corrected chi connectivity index (χ2v) is 7.73. The van der Waals surface area contributed by atoms with E-state index in [1.807, 2.05) is 0 Å². The van der Waals surface area contributed by atoms with Gasteiger partial charge in [0.05, 0.1) is 13.2 Å². The Labute approximate surface area is 185 Å². The summed E-state index contributed by atoms with van der Waals surface area (Å²) in [6, 6.07) is 0. The van der Waals surface area contributed by atoms with E-state index in [9.17, 15) is 40.5 Å². The van der Waals surface area contributed by atoms with Crippen LogP contribution in [0.2, 0.25) is 0 Å². The number of carboxylic acid groups (broad SMARTS) is 1. The highest BCUT2D eigenvalue weighted by molar-refractivity contribution is 5.66. The van der Waals surface area contributed by atoms with E-state index >= 15 is 0 Å². The third-order valence-corrected chi connectivity index (χ3v) is 5.22. The van der Waals surface area contributed by atoms with E-state index in [1.54, 1.807) is 0 Å². The minimum absolute atomic E-state index is 0.333. The fraction of sp³-hybridized carbons (Fsp3) is 0.947. The van der Waals surface area contributed by atoms with Gasteiger partial charge in [-0.2, -0.15) is 0 Å². The normalized spacial score (nSPS) is 39.8. The number of hydrogen-bond acceptors (Lipinski definition) is 12. The molecule has 13 nitrogen and oxygen atoms in total. The largest absolute Gasteiger partial charge is 0.481 e. The lowest BCUT2D eigenvalue weighted by Crippen LogP contribution is -2.64. The molecule has 190 valence electrons. The molecule has 13 heteroatoms. The molecule has 2 fully saturated rings. The maximum atomic E-state index is 9.96. The molecular formula is C19H36O13. The van der Waals surface area contributed by atoms with Gasteiger partial charge in [0.15, 0.2) is 12.6 Å². The van der Waals surface area contributed by atoms with E-state index in [0.717, 1.165) is 19.3 Å². The van der Waals surface area contributed by atoms with Crippen molar-refractivity contribution in [3.8, 4) is 0 Å². The highest BCUT2D eigenvalue weighted by Gasteiger charge is 2.50. The molecule has 0 aliphatic carbocycles. The number of aliphatic carboxylic acids is 1. The van der Waals surface area contributed by atoms with Gasteiger partial charge < -0.3 is 60.2 Å². The fourth-order valence-corrected chi connectivity index (χ4v) is 3.27. The summed E-state index contributed by atoms with van der Waals surface area (Å²) >= 11 is 0. The molecule has 0 saturated carbocycles. The SMILES string of the molecule is CCCCCCC(=O)O.OC[C@H]1O[C@@H](O[C@H]2[C@H](O)[C@@H](O)C(O)O[C@@H]2CO)[C@H](O)[C@@H](O)[C@H]1O. The van der Waals surface area contributed by atoms with Crippen molar-refractivity contribution in [3.63, 3.8) is 0 Å². The van der Waals surface area contributed by atoms with Gasteiger partial charge >= 0.3 is 5.97 Å². The molecule has 0 radical (unpaired) electrons. The molecule has 0 amide bonds. The van der Waals surface area contributed by atoms with Crippen molar-refractivity contribution < 1.29 is 65.0 Å². The lowest BCUT2D eigenvalue weighted by atomic mass is 9.97. The number of carboxylic acids is 1. The van der Waals surface area contributed by atoms with Crippen LogP contribution in [0.5, 0.6) is 0 Å². The Kier molecular flexibility index (Phi) is 13.0. The molecule has 32 heavy (non-hydrogen) atoms. The monoisotopic (exact) mass is 472 g/mol. The van der Waals surface area contributed by atoms with Crippen LogP contribution in [0.1, 0.15) is 39.0 Å². The van der Waals surface area contributed by atoms with Gasteiger partial charge in [-0.1, -0.05) is 26.2 Å². The van der Waals surface area contributed by atoms with Crippen molar-refractivity contribution in [3.05, 3.63) is 0 Å². The topological polar surface area (TPSA) is 227 Å². The smallest absolute Gasteiger partial charge is 0.303 e. The maximum absolute atomic E-state index is 9.96. The molecule has 0 aromatic carbocycles. The average molecular weight is 472 g/mol. The van der Waals surface area contributed by atoms with Crippen LogP contribution >= 0.6 is 0 Å². The standard InChI is InChI=1S/C12H22O11.C7H14O2/c13-1-3-5(15)6(16)9(19)12(22-3)23-10-4(2-14)21-11(20)8(18)7(10)17;1-2-3-4-5-6-7(8)9/h3-20H,1-2H2;2-6H2,1H3,(H,8,9)/t3-,4-,5+,6+,7-,8-,9-,10-,11?,12+;/m1./s1. The molecule has 0 aromatic rings. The van der Waals surface area contributed by atoms with Crippen molar-refractivity contribution in [1.29, 1.82) is 0 Å². The van der Waals surface area contributed by atoms with Crippen LogP contribution in [0.15, 0.2) is 0 Å². The van der Waals surface area contributed by atoms with Crippen LogP contribution in [0.3, 0.4) is 0 Å². The number of carbonyl (C=O) groups is 1. The van der Waals surface area contributed by atoms with Gasteiger partial charge in [0.25, 0.3) is 0 Å². The Morgan fingerprint density at radius 3 is 1.94 bits per heavy atom. The summed E-state index contributed by atoms with van der Waals surface area (Å²) in [7, 11) is 0. The van der Waals surface area contributed by atoms with E-state index < -0.39 is 80.6 Å². The molecule has 0 aromatic heterocycles. The van der Waals surface area contributed by atoms with E-state index in [2.05, 4.69) is 6.92 Å². The van der Waals surface area contributed by atoms with Crippen molar-refractivity contribution in [1.82, 2.24) is 0 Å². The van der Waals surface area contributed by atoms with Gasteiger partial charge in [0.1, 0.15) is 48.8 Å². The Morgan fingerprint density at radius 2 is 1.41 bits per heavy atom. The van der Waals surface area contributed by atoms with Gasteiger partial charge in [0.2, 0.25) is 0 Å². The summed E-state index contributed by atoms with van der Waals surface area (Å²) in [6.07, 6.45) is -11.0. The summed E-state index contributed by atoms with van der Waals surface area (Å²) in [6.45, 7) is 0.767. The van der Waals surface area contributed by atoms with Crippen molar-refractivity contribution in [2.45, 2.75) is 100 Å². The van der Waals surface area contributed by atoms with E-state index in [1.165, 1.54) is 6.42 Å². The number of hydrogen-bond donors (Lipinski definition) is 9. The molecule has 2 aliphatic rings. The predicted molar refractivity (Wildman–Crippen MR) is 105 cm³/mol. The number of rotatable bonds is 9. The zero-order valence-electron chi connectivity index (χ0n) is 17.9. The zero-order valence-corrected chi connectivity index (χ0v) is 17.9. The molecule has 0 spiro atoms. The molecule has 1 unspecified atom stereocenters. The van der Waals surface area contributed by atoms with E-state index in [-0.39, 0.29) is 0 Å². The maximum Gasteiger partial charge on any atom is 0.303 e. The first-order chi connectivity index (χ1) is 15.1. The van der Waals surface area contributed by atoms with Crippen LogP contribution in [-0.4, -0.2) is 127 Å². The number of unbranched alkanes of at least 4 members (excludes halogenated alkanes) is 3. The molecule has 2 aliphatic heterocycles. The van der Waals surface area contributed by atoms with Crippen molar-refractivity contribution >= 4 is 5.97 Å². The summed E-state index contributed by atoms with van der Waals surface area (Å²) in [4.78, 5) is 9.96. The first kappa shape index (κ1) is 29.1. The van der Waals surface area contributed by atoms with Gasteiger partial charge in [-0.3, -0.25) is 4.79 Å². The first-order valence-electron chi connectivity index (χ1n) is 10.6. The molecule has 9 N–H and O–H groups in total. The quantitative estimate of drug-likeness (QED) is 0.150. The van der Waals surface area contributed by atoms with Crippen LogP contribution in [0.25, 0.3) is 0 Å². The highest BCUT2D eigenvalue weighted by Crippen LogP contribution is 2.28. The Bertz CT molecular complexity index is 531. The highest BCUT2D eigenvalue weighted by atomic mass is 16.7. The van der Waals surface area contributed by atoms with E-state index in [0.29, 0.717) is 6.42 Å². The summed E-state index contributed by atoms with van der Waals surface area (Å²) in [5.74, 6) is -0.675. The summed E-state index contributed by atoms with van der Waals surface area (Å²) in [5, 5.41) is 84.7. The van der Waals surface area contributed by atoms with Crippen LogP contribution in [0.4, 0.5) is 0 Å². The third kappa shape index (κ3) is 8.11. The van der Waals surface area contributed by atoms with Crippen LogP contribution in [-0.2, 0) is 19.0 Å². The first-order valence-corrected chi connectivity index (χ1v) is 10.6. The van der Waals surface area contributed by atoms with Crippen molar-refractivity contribution in [2.75, 3.05) is 13.2 Å². The Morgan fingerprint density at radius 1 is 0.781 bits per heavy atom. The second-order valence-electron chi connectivity index (χ2n) is 7.73. The molecule has 0 bridgehead atoms. The van der Waals surface area contributed by atoms with Crippen molar-refractivity contribution in [2.24, 2.45) is 0 Å². The van der Waals surface area contributed by atoms with Crippen LogP contribution < -0.4 is 0 Å². The third-order valence-electron chi connectivity index (χ3n) is 5.22. The Balaban J connectivity index is 0.000000482. The lowest BCUT2D eigenvalue weighted by Gasteiger charge is -2.45. The number of ether oxygens (including phenoxy) is 3. The minimum Gasteiger partial charge on any atom is -0.481 e. The molecule has 10 atom stereocenters. The summed E-state index contributed by atoms with van der Waals surface area (Å²) < 4.78 is 15.3. The van der Waals surface area contributed by atoms with E-state index in [4.69, 9.17) is 24.4 Å². The predicted octanol–water partition coefficient (Wildman–Crippen LogP) is -3.36. The van der Waals surface area contributed by atoms with Gasteiger partial charge in [-0.15, -0.1) is 0 Å². The lowest BCUT2D eigenvalue weighted by molar-refractivity contribution is -0.355. The number of aliphatic hydroxyl groups is 8. The second kappa shape index (κ2) is 14.3. The molecule has 2 heterocycles. The fourth-order valence-electron chi connectivity index (χ4n) is 3.27. The Hall–Kier alpha value is -0.970. The molecular weight excluding hydrogens is 436 g/mol. The van der Waals surface area contributed by atoms with Gasteiger partial charge in [0, 0.05) is 6.42 Å². The van der Waals surface area contributed by atoms with Gasteiger partial charge in [-0.05, 0) is 6.42 Å². The zero-order chi connectivity index (χ0) is 24.4. The van der Waals surface area contributed by atoms with Gasteiger partial charge in [-0.25, -0.2) is 0 Å². The molecule has 2 rings (SSSR count). The average Bonchev–Trinajstić information content (AvgIpc) is 2.77. The number of aliphatic hydroxyl groups excluding tert-OH is 8. The molecule has 2 saturated heterocycles. The minimum atomic E-state index is -1.74. The summed E-state index contributed by atoms with van der Waals surface area (Å²) in [5.41, 5.74) is 0. The van der Waals surface area contributed by atoms with Crippen LogP contribution in [0, 0.1) is 0 Å².